The Hall–Kier alpha value is -1.99. The Morgan fingerprint density at radius 1 is 0.923 bits per heavy atom. The molecule has 3 N–H and O–H groups in total. The number of carbonyl (C=O) groups is 2. The van der Waals surface area contributed by atoms with Gasteiger partial charge in [0.25, 0.3) is 0 Å². The maximum absolute atomic E-state index is 11.5. The summed E-state index contributed by atoms with van der Waals surface area (Å²) < 4.78 is 10.0. The summed E-state index contributed by atoms with van der Waals surface area (Å²) in [5, 5.41) is 9.03. The lowest BCUT2D eigenvalue weighted by Crippen LogP contribution is -2.42. The highest BCUT2D eigenvalue weighted by Gasteiger charge is 2.15. The number of hydrogen-bond donors (Lipinski definition) is 3. The van der Waals surface area contributed by atoms with Crippen LogP contribution in [0.4, 0.5) is 4.79 Å². The molecule has 0 rings (SSSR count). The molecule has 152 valence electrons. The summed E-state index contributed by atoms with van der Waals surface area (Å²) in [4.78, 5) is 26.8. The Morgan fingerprint density at radius 3 is 2.15 bits per heavy atom. The average Bonchev–Trinajstić information content (AvgIpc) is 2.54. The molecule has 0 bridgehead atoms. The minimum Gasteiger partial charge on any atom is -0.466 e. The number of unbranched alkanes of at least 4 members (excludes halogenated alkanes) is 3. The van der Waals surface area contributed by atoms with Crippen molar-refractivity contribution in [1.82, 2.24) is 16.0 Å². The van der Waals surface area contributed by atoms with Crippen molar-refractivity contribution in [3.8, 4) is 0 Å². The number of aliphatic imine (C=N–C) groups is 1. The lowest BCUT2D eigenvalue weighted by atomic mass is 10.1. The zero-order chi connectivity index (χ0) is 19.8. The highest BCUT2D eigenvalue weighted by Crippen LogP contribution is 2.06. The van der Waals surface area contributed by atoms with Gasteiger partial charge in [0, 0.05) is 33.1 Å². The van der Waals surface area contributed by atoms with E-state index in [1.807, 2.05) is 27.7 Å². The second-order valence-electron chi connectivity index (χ2n) is 6.82. The van der Waals surface area contributed by atoms with E-state index < -0.39 is 11.7 Å². The maximum atomic E-state index is 11.5. The monoisotopic (exact) mass is 372 g/mol. The quantitative estimate of drug-likeness (QED) is 0.222. The first-order valence-corrected chi connectivity index (χ1v) is 9.35. The summed E-state index contributed by atoms with van der Waals surface area (Å²) in [7, 11) is 1.70. The third-order valence-corrected chi connectivity index (χ3v) is 3.21. The van der Waals surface area contributed by atoms with Crippen molar-refractivity contribution >= 4 is 18.0 Å². The largest absolute Gasteiger partial charge is 0.466 e. The normalized spacial score (nSPS) is 11.7. The molecule has 0 spiro atoms. The predicted octanol–water partition coefficient (Wildman–Crippen LogP) is 2.19. The summed E-state index contributed by atoms with van der Waals surface area (Å²) in [6, 6.07) is 0. The van der Waals surface area contributed by atoms with Crippen LogP contribution in [0.2, 0.25) is 0 Å². The van der Waals surface area contributed by atoms with Crippen LogP contribution in [0.1, 0.15) is 59.8 Å². The lowest BCUT2D eigenvalue weighted by Gasteiger charge is -2.19. The molecule has 26 heavy (non-hydrogen) atoms. The number of amides is 1. The third-order valence-electron chi connectivity index (χ3n) is 3.21. The van der Waals surface area contributed by atoms with Crippen molar-refractivity contribution in [2.24, 2.45) is 4.99 Å². The molecule has 0 aromatic carbocycles. The van der Waals surface area contributed by atoms with Crippen LogP contribution in [-0.2, 0) is 14.3 Å². The number of carbonyl (C=O) groups excluding carboxylic acids is 2. The fourth-order valence-corrected chi connectivity index (χ4v) is 2.07. The second-order valence-corrected chi connectivity index (χ2v) is 6.82. The molecule has 0 saturated heterocycles. The van der Waals surface area contributed by atoms with Gasteiger partial charge in [-0.2, -0.15) is 0 Å². The molecule has 8 nitrogen and oxygen atoms in total. The number of nitrogens with zero attached hydrogens (tertiary/aromatic N) is 1. The Bertz CT molecular complexity index is 433. The molecule has 0 aliphatic carbocycles. The van der Waals surface area contributed by atoms with Gasteiger partial charge >= 0.3 is 12.1 Å². The first kappa shape index (κ1) is 24.0. The standard InChI is InChI=1S/C18H36N4O4/c1-6-25-15(23)11-9-7-8-10-12-20-16(19-5)21-13-14-22-17(24)26-18(2,3)4/h6-14H2,1-5H3,(H,22,24)(H2,19,20,21). The van der Waals surface area contributed by atoms with Crippen LogP contribution in [0.15, 0.2) is 4.99 Å². The molecule has 0 fully saturated rings. The van der Waals surface area contributed by atoms with E-state index in [4.69, 9.17) is 9.47 Å². The molecule has 0 aliphatic heterocycles. The number of rotatable bonds is 11. The predicted molar refractivity (Wildman–Crippen MR) is 103 cm³/mol. The van der Waals surface area contributed by atoms with Crippen molar-refractivity contribution in [1.29, 1.82) is 0 Å². The number of nitrogens with one attached hydrogen (secondary N) is 3. The van der Waals surface area contributed by atoms with Crippen LogP contribution >= 0.6 is 0 Å². The zero-order valence-corrected chi connectivity index (χ0v) is 16.9. The third kappa shape index (κ3) is 15.5. The molecule has 0 aromatic rings. The summed E-state index contributed by atoms with van der Waals surface area (Å²) in [5.74, 6) is 0.581. The average molecular weight is 373 g/mol. The number of alkyl carbamates (subject to hydrolysis) is 1. The van der Waals surface area contributed by atoms with Crippen LogP contribution in [0.5, 0.6) is 0 Å². The van der Waals surface area contributed by atoms with Crippen molar-refractivity contribution in [3.05, 3.63) is 0 Å². The molecule has 0 aliphatic rings. The van der Waals surface area contributed by atoms with E-state index in [-0.39, 0.29) is 5.97 Å². The topological polar surface area (TPSA) is 101 Å². The molecule has 1 amide bonds. The van der Waals surface area contributed by atoms with Gasteiger partial charge in [-0.3, -0.25) is 9.79 Å². The maximum Gasteiger partial charge on any atom is 0.407 e. The Kier molecular flexibility index (Phi) is 13.1. The number of hydrogen-bond acceptors (Lipinski definition) is 5. The van der Waals surface area contributed by atoms with Gasteiger partial charge in [0.05, 0.1) is 6.61 Å². The van der Waals surface area contributed by atoms with Crippen LogP contribution in [-0.4, -0.2) is 56.9 Å². The van der Waals surface area contributed by atoms with Crippen LogP contribution < -0.4 is 16.0 Å². The molecule has 0 heterocycles. The van der Waals surface area contributed by atoms with Gasteiger partial charge in [-0.25, -0.2) is 4.79 Å². The molecule has 0 saturated carbocycles. The molecule has 0 atom stereocenters. The second kappa shape index (κ2) is 14.2. The Balaban J connectivity index is 3.63. The minimum absolute atomic E-state index is 0.116. The molecule has 0 unspecified atom stereocenters. The molecular formula is C18H36N4O4. The van der Waals surface area contributed by atoms with Gasteiger partial charge in [-0.15, -0.1) is 0 Å². The molecule has 8 heteroatoms. The Morgan fingerprint density at radius 2 is 1.54 bits per heavy atom. The van der Waals surface area contributed by atoms with Crippen LogP contribution in [0.3, 0.4) is 0 Å². The van der Waals surface area contributed by atoms with Crippen molar-refractivity contribution in [2.75, 3.05) is 33.3 Å². The van der Waals surface area contributed by atoms with Gasteiger partial charge in [0.1, 0.15) is 5.60 Å². The number of esters is 1. The highest BCUT2D eigenvalue weighted by molar-refractivity contribution is 5.79. The summed E-state index contributed by atoms with van der Waals surface area (Å²) >= 11 is 0. The number of ether oxygens (including phenoxy) is 2. The van der Waals surface area contributed by atoms with Gasteiger partial charge in [0.15, 0.2) is 5.96 Å². The van der Waals surface area contributed by atoms with Gasteiger partial charge in [-0.1, -0.05) is 12.8 Å². The van der Waals surface area contributed by atoms with Crippen molar-refractivity contribution in [3.63, 3.8) is 0 Å². The van der Waals surface area contributed by atoms with Crippen LogP contribution in [0, 0.1) is 0 Å². The Labute approximate surface area is 157 Å². The van der Waals surface area contributed by atoms with Crippen LogP contribution in [0.25, 0.3) is 0 Å². The summed E-state index contributed by atoms with van der Waals surface area (Å²) in [6.45, 7) is 9.55. The smallest absolute Gasteiger partial charge is 0.407 e. The fourth-order valence-electron chi connectivity index (χ4n) is 2.07. The lowest BCUT2D eigenvalue weighted by molar-refractivity contribution is -0.143. The van der Waals surface area contributed by atoms with E-state index in [2.05, 4.69) is 20.9 Å². The zero-order valence-electron chi connectivity index (χ0n) is 16.9. The molecular weight excluding hydrogens is 336 g/mol. The molecule has 0 radical (unpaired) electrons. The van der Waals surface area contributed by atoms with Gasteiger partial charge in [-0.05, 0) is 40.5 Å². The summed E-state index contributed by atoms with van der Waals surface area (Å²) in [6.07, 6.45) is 3.98. The highest BCUT2D eigenvalue weighted by atomic mass is 16.6. The van der Waals surface area contributed by atoms with Crippen molar-refractivity contribution < 1.29 is 19.1 Å². The van der Waals surface area contributed by atoms with Crippen molar-refractivity contribution in [2.45, 2.75) is 65.4 Å². The van der Waals surface area contributed by atoms with Gasteiger partial charge < -0.3 is 25.4 Å². The molecule has 0 aromatic heterocycles. The fraction of sp³-hybridized carbons (Fsp3) is 0.833. The van der Waals surface area contributed by atoms with E-state index in [1.54, 1.807) is 7.05 Å². The van der Waals surface area contributed by atoms with Gasteiger partial charge in [0.2, 0.25) is 0 Å². The van der Waals surface area contributed by atoms with E-state index in [9.17, 15) is 9.59 Å². The van der Waals surface area contributed by atoms with E-state index >= 15 is 0 Å². The summed E-state index contributed by atoms with van der Waals surface area (Å²) in [5.41, 5.74) is -0.495. The first-order valence-electron chi connectivity index (χ1n) is 9.35. The first-order chi connectivity index (χ1) is 12.3. The van der Waals surface area contributed by atoms with E-state index in [0.717, 1.165) is 32.2 Å². The SMILES string of the molecule is CCOC(=O)CCCCCCNC(=NC)NCCNC(=O)OC(C)(C)C. The number of guanidine groups is 1. The van der Waals surface area contributed by atoms with E-state index in [0.29, 0.717) is 32.1 Å². The minimum atomic E-state index is -0.495. The van der Waals surface area contributed by atoms with E-state index in [1.165, 1.54) is 0 Å².